The Morgan fingerprint density at radius 1 is 1.12 bits per heavy atom. The Morgan fingerprint density at radius 2 is 2.00 bits per heavy atom. The summed E-state index contributed by atoms with van der Waals surface area (Å²) in [5.74, 6) is 0.588. The van der Waals surface area contributed by atoms with Crippen LogP contribution in [-0.2, 0) is 6.42 Å². The van der Waals surface area contributed by atoms with Gasteiger partial charge in [0.1, 0.15) is 12.2 Å². The Balaban J connectivity index is 1.73. The van der Waals surface area contributed by atoms with Gasteiger partial charge in [0.25, 0.3) is 5.91 Å². The van der Waals surface area contributed by atoms with Crippen LogP contribution in [0.2, 0.25) is 5.02 Å². The lowest BCUT2D eigenvalue weighted by molar-refractivity contribution is 0.0939. The summed E-state index contributed by atoms with van der Waals surface area (Å²) < 4.78 is 1.76. The highest BCUT2D eigenvalue weighted by molar-refractivity contribution is 6.30. The van der Waals surface area contributed by atoms with Crippen LogP contribution in [0.25, 0.3) is 16.9 Å². The first-order valence-corrected chi connectivity index (χ1v) is 10.7. The average Bonchev–Trinajstić information content (AvgIpc) is 3.28. The molecule has 1 amide bonds. The molecule has 8 nitrogen and oxygen atoms in total. The Morgan fingerprint density at radius 3 is 2.72 bits per heavy atom. The minimum Gasteiger partial charge on any atom is -0.344 e. The van der Waals surface area contributed by atoms with Gasteiger partial charge in [0.2, 0.25) is 0 Å². The number of hydrogen-bond acceptors (Lipinski definition) is 6. The molecule has 0 saturated heterocycles. The molecule has 0 radical (unpaired) electrons. The first-order chi connectivity index (χ1) is 15.5. The number of carbonyl (C=O) groups excluding carboxylic acids is 1. The molecule has 0 saturated carbocycles. The maximum atomic E-state index is 13.2. The number of rotatable bonds is 7. The Bertz CT molecular complexity index is 1210. The molecule has 0 fully saturated rings. The van der Waals surface area contributed by atoms with Crippen LogP contribution in [0.1, 0.15) is 48.2 Å². The second-order valence-electron chi connectivity index (χ2n) is 7.29. The molecule has 4 aromatic rings. The van der Waals surface area contributed by atoms with E-state index in [1.54, 1.807) is 47.7 Å². The Kier molecular flexibility index (Phi) is 6.51. The molecule has 0 bridgehead atoms. The summed E-state index contributed by atoms with van der Waals surface area (Å²) in [7, 11) is 0. The summed E-state index contributed by atoms with van der Waals surface area (Å²) in [4.78, 5) is 30.3. The molecule has 162 valence electrons. The fourth-order valence-corrected chi connectivity index (χ4v) is 3.43. The minimum atomic E-state index is -0.306. The standard InChI is InChI=1S/C23H22ClN7O/c1-3-4-22-28-14-29-31(22)19-10-16(20-6-5-18(24)12-27-20)9-17(11-19)23(32)30-15(2)21-13-25-7-8-26-21/h5-15H,3-4H2,1-2H3,(H,30,32). The first kappa shape index (κ1) is 21.6. The predicted octanol–water partition coefficient (Wildman–Crippen LogP) is 4.22. The number of nitrogens with zero attached hydrogens (tertiary/aromatic N) is 6. The highest BCUT2D eigenvalue weighted by Gasteiger charge is 2.17. The molecular formula is C23H22ClN7O. The molecule has 0 spiro atoms. The fraction of sp³-hybridized carbons (Fsp3) is 0.217. The zero-order chi connectivity index (χ0) is 22.5. The summed E-state index contributed by atoms with van der Waals surface area (Å²) in [6.45, 7) is 3.95. The third-order valence-electron chi connectivity index (χ3n) is 4.91. The van der Waals surface area contributed by atoms with E-state index in [-0.39, 0.29) is 11.9 Å². The second kappa shape index (κ2) is 9.65. The zero-order valence-electron chi connectivity index (χ0n) is 17.7. The van der Waals surface area contributed by atoms with E-state index in [2.05, 4.69) is 37.3 Å². The van der Waals surface area contributed by atoms with E-state index in [0.717, 1.165) is 29.9 Å². The maximum Gasteiger partial charge on any atom is 0.251 e. The summed E-state index contributed by atoms with van der Waals surface area (Å²) in [5.41, 5.74) is 3.36. The first-order valence-electron chi connectivity index (χ1n) is 10.3. The number of amides is 1. The maximum absolute atomic E-state index is 13.2. The lowest BCUT2D eigenvalue weighted by atomic mass is 10.0. The molecule has 32 heavy (non-hydrogen) atoms. The lowest BCUT2D eigenvalue weighted by Crippen LogP contribution is -2.27. The van der Waals surface area contributed by atoms with Crippen molar-refractivity contribution in [1.82, 2.24) is 35.0 Å². The summed E-state index contributed by atoms with van der Waals surface area (Å²) in [5, 5.41) is 7.90. The van der Waals surface area contributed by atoms with E-state index in [9.17, 15) is 4.79 Å². The smallest absolute Gasteiger partial charge is 0.251 e. The molecule has 1 unspecified atom stereocenters. The SMILES string of the molecule is CCCc1ncnn1-c1cc(C(=O)NC(C)c2cnccn2)cc(-c2ccc(Cl)cn2)c1. The second-order valence-corrected chi connectivity index (χ2v) is 7.73. The third-order valence-corrected chi connectivity index (χ3v) is 5.14. The molecule has 3 aromatic heterocycles. The molecule has 1 atom stereocenters. The largest absolute Gasteiger partial charge is 0.344 e. The average molecular weight is 448 g/mol. The van der Waals surface area contributed by atoms with Crippen LogP contribution in [0.3, 0.4) is 0 Å². The molecule has 4 rings (SSSR count). The minimum absolute atomic E-state index is 0.239. The van der Waals surface area contributed by atoms with Gasteiger partial charge in [-0.15, -0.1) is 0 Å². The van der Waals surface area contributed by atoms with Gasteiger partial charge in [0, 0.05) is 36.1 Å². The van der Waals surface area contributed by atoms with Crippen LogP contribution in [0.5, 0.6) is 0 Å². The van der Waals surface area contributed by atoms with Gasteiger partial charge in [-0.2, -0.15) is 5.10 Å². The number of benzene rings is 1. The van der Waals surface area contributed by atoms with Gasteiger partial charge in [-0.25, -0.2) is 9.67 Å². The van der Waals surface area contributed by atoms with Crippen LogP contribution < -0.4 is 5.32 Å². The normalized spacial score (nSPS) is 11.8. The van der Waals surface area contributed by atoms with Crippen molar-refractivity contribution in [3.8, 4) is 16.9 Å². The number of aromatic nitrogens is 6. The molecule has 3 heterocycles. The van der Waals surface area contributed by atoms with Gasteiger partial charge in [0.05, 0.1) is 34.3 Å². The van der Waals surface area contributed by atoms with Gasteiger partial charge in [-0.3, -0.25) is 19.7 Å². The highest BCUT2D eigenvalue weighted by atomic mass is 35.5. The number of aryl methyl sites for hydroxylation is 1. The summed E-state index contributed by atoms with van der Waals surface area (Å²) in [6.07, 6.45) is 9.64. The highest BCUT2D eigenvalue weighted by Crippen LogP contribution is 2.25. The molecular weight excluding hydrogens is 426 g/mol. The van der Waals surface area contributed by atoms with Crippen LogP contribution in [0, 0.1) is 0 Å². The van der Waals surface area contributed by atoms with Gasteiger partial charge in [-0.1, -0.05) is 18.5 Å². The van der Waals surface area contributed by atoms with E-state index in [1.165, 1.54) is 6.33 Å². The molecule has 1 aromatic carbocycles. The Hall–Kier alpha value is -3.65. The Labute approximate surface area is 190 Å². The molecule has 0 aliphatic rings. The van der Waals surface area contributed by atoms with Crippen molar-refractivity contribution in [2.45, 2.75) is 32.7 Å². The van der Waals surface area contributed by atoms with Crippen LogP contribution in [-0.4, -0.2) is 35.6 Å². The molecule has 0 aliphatic heterocycles. The van der Waals surface area contributed by atoms with Crippen molar-refractivity contribution in [2.75, 3.05) is 0 Å². The third kappa shape index (κ3) is 4.81. The van der Waals surface area contributed by atoms with Gasteiger partial charge < -0.3 is 5.32 Å². The number of halogens is 1. The van der Waals surface area contributed by atoms with Crippen LogP contribution in [0.4, 0.5) is 0 Å². The van der Waals surface area contributed by atoms with Crippen molar-refractivity contribution in [3.05, 3.63) is 83.6 Å². The molecule has 1 N–H and O–H groups in total. The number of nitrogens with one attached hydrogen (secondary N) is 1. The number of carbonyl (C=O) groups is 1. The van der Waals surface area contributed by atoms with Gasteiger partial charge in [0.15, 0.2) is 0 Å². The molecule has 9 heteroatoms. The van der Waals surface area contributed by atoms with Crippen molar-refractivity contribution in [2.24, 2.45) is 0 Å². The van der Waals surface area contributed by atoms with E-state index in [1.807, 2.05) is 19.1 Å². The van der Waals surface area contributed by atoms with Crippen LogP contribution >= 0.6 is 11.6 Å². The van der Waals surface area contributed by atoms with E-state index >= 15 is 0 Å². The summed E-state index contributed by atoms with van der Waals surface area (Å²) in [6, 6.07) is 8.82. The number of hydrogen-bond donors (Lipinski definition) is 1. The predicted molar refractivity (Wildman–Crippen MR) is 122 cm³/mol. The zero-order valence-corrected chi connectivity index (χ0v) is 18.5. The quantitative estimate of drug-likeness (QED) is 0.455. The van der Waals surface area contributed by atoms with Crippen molar-refractivity contribution >= 4 is 17.5 Å². The van der Waals surface area contributed by atoms with Gasteiger partial charge in [-0.05, 0) is 43.7 Å². The van der Waals surface area contributed by atoms with Gasteiger partial charge >= 0.3 is 0 Å². The van der Waals surface area contributed by atoms with Crippen LogP contribution in [0.15, 0.2) is 61.4 Å². The lowest BCUT2D eigenvalue weighted by Gasteiger charge is -2.15. The van der Waals surface area contributed by atoms with Crippen molar-refractivity contribution in [1.29, 1.82) is 0 Å². The fourth-order valence-electron chi connectivity index (χ4n) is 3.32. The topological polar surface area (TPSA) is 98.5 Å². The molecule has 0 aliphatic carbocycles. The van der Waals surface area contributed by atoms with E-state index < -0.39 is 0 Å². The monoisotopic (exact) mass is 447 g/mol. The van der Waals surface area contributed by atoms with E-state index in [0.29, 0.717) is 22.0 Å². The van der Waals surface area contributed by atoms with Crippen molar-refractivity contribution in [3.63, 3.8) is 0 Å². The van der Waals surface area contributed by atoms with E-state index in [4.69, 9.17) is 11.6 Å². The van der Waals surface area contributed by atoms with Crippen molar-refractivity contribution < 1.29 is 4.79 Å². The summed E-state index contributed by atoms with van der Waals surface area (Å²) >= 11 is 6.00. The number of pyridine rings is 1.